The fourth-order valence-corrected chi connectivity index (χ4v) is 2.13. The second kappa shape index (κ2) is 6.48. The molecule has 0 saturated carbocycles. The summed E-state index contributed by atoms with van der Waals surface area (Å²) in [5.74, 6) is 0.525. The molecule has 2 unspecified atom stereocenters. The number of methoxy groups -OCH3 is 1. The summed E-state index contributed by atoms with van der Waals surface area (Å²) in [5.41, 5.74) is 1.99. The van der Waals surface area contributed by atoms with Crippen LogP contribution in [0.1, 0.15) is 37.1 Å². The van der Waals surface area contributed by atoms with Crippen molar-refractivity contribution >= 4 is 0 Å². The Kier molecular flexibility index (Phi) is 4.69. The van der Waals surface area contributed by atoms with E-state index in [4.69, 9.17) is 4.74 Å². The number of ether oxygens (including phenoxy) is 1. The lowest BCUT2D eigenvalue weighted by atomic mass is 10.1. The third-order valence-electron chi connectivity index (χ3n) is 3.34. The van der Waals surface area contributed by atoms with Gasteiger partial charge in [0, 0.05) is 18.3 Å². The van der Waals surface area contributed by atoms with Crippen LogP contribution in [-0.2, 0) is 0 Å². The summed E-state index contributed by atoms with van der Waals surface area (Å²) in [5, 5.41) is 3.43. The van der Waals surface area contributed by atoms with Crippen LogP contribution in [0.15, 0.2) is 42.7 Å². The minimum absolute atomic E-state index is 0.0234. The van der Waals surface area contributed by atoms with Gasteiger partial charge in [-0.15, -0.1) is 0 Å². The van der Waals surface area contributed by atoms with Gasteiger partial charge in [-0.1, -0.05) is 12.1 Å². The lowest BCUT2D eigenvalue weighted by molar-refractivity contribution is 0.414. The Morgan fingerprint density at radius 3 is 2.30 bits per heavy atom. The minimum atomic E-state index is -0.312. The van der Waals surface area contributed by atoms with E-state index < -0.39 is 0 Å². The van der Waals surface area contributed by atoms with Crippen molar-refractivity contribution < 1.29 is 9.13 Å². The number of benzene rings is 1. The molecular formula is C16H19FN2O. The average Bonchev–Trinajstić information content (AvgIpc) is 2.47. The summed E-state index contributed by atoms with van der Waals surface area (Å²) < 4.78 is 18.3. The lowest BCUT2D eigenvalue weighted by Gasteiger charge is -2.20. The summed E-state index contributed by atoms with van der Waals surface area (Å²) in [4.78, 5) is 3.88. The third-order valence-corrected chi connectivity index (χ3v) is 3.34. The number of hydrogen-bond donors (Lipinski definition) is 1. The van der Waals surface area contributed by atoms with Crippen molar-refractivity contribution in [2.24, 2.45) is 0 Å². The van der Waals surface area contributed by atoms with E-state index in [2.05, 4.69) is 17.2 Å². The van der Waals surface area contributed by atoms with E-state index in [0.29, 0.717) is 0 Å². The van der Waals surface area contributed by atoms with Gasteiger partial charge in [0.2, 0.25) is 0 Å². The summed E-state index contributed by atoms with van der Waals surface area (Å²) in [6.07, 6.45) is 2.89. The summed E-state index contributed by atoms with van der Waals surface area (Å²) >= 11 is 0. The van der Waals surface area contributed by atoms with Crippen LogP contribution in [0.2, 0.25) is 0 Å². The molecule has 0 saturated heterocycles. The topological polar surface area (TPSA) is 34.1 Å². The van der Waals surface area contributed by atoms with Crippen molar-refractivity contribution in [3.63, 3.8) is 0 Å². The molecule has 0 aliphatic carbocycles. The zero-order valence-electron chi connectivity index (χ0n) is 11.9. The Balaban J connectivity index is 2.04. The van der Waals surface area contributed by atoms with Gasteiger partial charge in [0.15, 0.2) is 0 Å². The Hall–Kier alpha value is -1.94. The zero-order valence-corrected chi connectivity index (χ0v) is 11.9. The van der Waals surface area contributed by atoms with Gasteiger partial charge in [-0.05, 0) is 43.2 Å². The first kappa shape index (κ1) is 14.5. The number of pyridine rings is 1. The molecule has 2 aromatic rings. The van der Waals surface area contributed by atoms with Gasteiger partial charge in [-0.2, -0.15) is 0 Å². The molecular weight excluding hydrogens is 255 g/mol. The van der Waals surface area contributed by atoms with Gasteiger partial charge in [0.1, 0.15) is 11.6 Å². The zero-order chi connectivity index (χ0) is 14.5. The first-order valence-corrected chi connectivity index (χ1v) is 6.60. The molecule has 0 aliphatic rings. The summed E-state index contributed by atoms with van der Waals surface area (Å²) in [6.45, 7) is 4.07. The molecule has 1 aromatic heterocycles. The van der Waals surface area contributed by atoms with E-state index in [-0.39, 0.29) is 17.9 Å². The molecule has 0 radical (unpaired) electrons. The van der Waals surface area contributed by atoms with Crippen molar-refractivity contribution in [2.45, 2.75) is 25.9 Å². The maximum absolute atomic E-state index is 13.2. The predicted octanol–water partition coefficient (Wildman–Crippen LogP) is 3.64. The van der Waals surface area contributed by atoms with Crippen molar-refractivity contribution in [1.29, 1.82) is 0 Å². The largest absolute Gasteiger partial charge is 0.497 e. The molecule has 0 amide bonds. The van der Waals surface area contributed by atoms with Crippen LogP contribution < -0.4 is 10.1 Å². The van der Waals surface area contributed by atoms with Gasteiger partial charge in [-0.3, -0.25) is 4.98 Å². The number of nitrogens with zero attached hydrogens (tertiary/aromatic N) is 1. The van der Waals surface area contributed by atoms with Crippen molar-refractivity contribution in [3.8, 4) is 5.75 Å². The molecule has 4 heteroatoms. The highest BCUT2D eigenvalue weighted by atomic mass is 19.1. The smallest absolute Gasteiger partial charge is 0.141 e. The standard InChI is InChI=1S/C16H19FN2O/c1-11(13-4-6-16(20-3)7-5-13)19-12(2)14-8-15(17)10-18-9-14/h4-12,19H,1-3H3. The normalized spacial score (nSPS) is 13.8. The first-order valence-electron chi connectivity index (χ1n) is 6.60. The molecule has 106 valence electrons. The quantitative estimate of drug-likeness (QED) is 0.903. The maximum Gasteiger partial charge on any atom is 0.141 e. The van der Waals surface area contributed by atoms with Crippen LogP contribution in [0.25, 0.3) is 0 Å². The van der Waals surface area contributed by atoms with E-state index in [1.807, 2.05) is 31.2 Å². The molecule has 2 rings (SSSR count). The Bertz CT molecular complexity index is 557. The predicted molar refractivity (Wildman–Crippen MR) is 77.2 cm³/mol. The van der Waals surface area contributed by atoms with Crippen LogP contribution in [0.4, 0.5) is 4.39 Å². The fraction of sp³-hybridized carbons (Fsp3) is 0.312. The van der Waals surface area contributed by atoms with Gasteiger partial charge in [0.05, 0.1) is 13.3 Å². The van der Waals surface area contributed by atoms with E-state index in [0.717, 1.165) is 16.9 Å². The number of nitrogens with one attached hydrogen (secondary N) is 1. The lowest BCUT2D eigenvalue weighted by Crippen LogP contribution is -2.22. The number of aromatic nitrogens is 1. The highest BCUT2D eigenvalue weighted by Gasteiger charge is 2.12. The van der Waals surface area contributed by atoms with E-state index in [1.165, 1.54) is 12.3 Å². The molecule has 1 heterocycles. The van der Waals surface area contributed by atoms with Crippen LogP contribution in [0, 0.1) is 5.82 Å². The molecule has 0 bridgehead atoms. The third kappa shape index (κ3) is 3.54. The van der Waals surface area contributed by atoms with Gasteiger partial charge in [-0.25, -0.2) is 4.39 Å². The Morgan fingerprint density at radius 1 is 1.05 bits per heavy atom. The number of hydrogen-bond acceptors (Lipinski definition) is 3. The monoisotopic (exact) mass is 274 g/mol. The second-order valence-corrected chi connectivity index (χ2v) is 4.82. The van der Waals surface area contributed by atoms with Crippen molar-refractivity contribution in [1.82, 2.24) is 10.3 Å². The molecule has 2 atom stereocenters. The molecule has 20 heavy (non-hydrogen) atoms. The molecule has 3 nitrogen and oxygen atoms in total. The Morgan fingerprint density at radius 2 is 1.70 bits per heavy atom. The van der Waals surface area contributed by atoms with E-state index in [1.54, 1.807) is 13.3 Å². The van der Waals surface area contributed by atoms with Crippen LogP contribution in [0.3, 0.4) is 0 Å². The van der Waals surface area contributed by atoms with Crippen molar-refractivity contribution in [3.05, 3.63) is 59.7 Å². The minimum Gasteiger partial charge on any atom is -0.497 e. The molecule has 0 aliphatic heterocycles. The highest BCUT2D eigenvalue weighted by molar-refractivity contribution is 5.29. The molecule has 1 N–H and O–H groups in total. The average molecular weight is 274 g/mol. The van der Waals surface area contributed by atoms with Crippen LogP contribution in [0.5, 0.6) is 5.75 Å². The molecule has 0 fully saturated rings. The SMILES string of the molecule is COc1ccc(C(C)NC(C)c2cncc(F)c2)cc1. The van der Waals surface area contributed by atoms with Crippen molar-refractivity contribution in [2.75, 3.05) is 7.11 Å². The van der Waals surface area contributed by atoms with E-state index >= 15 is 0 Å². The van der Waals surface area contributed by atoms with Gasteiger partial charge < -0.3 is 10.1 Å². The van der Waals surface area contributed by atoms with Gasteiger partial charge in [0.25, 0.3) is 0 Å². The first-order chi connectivity index (χ1) is 9.60. The van der Waals surface area contributed by atoms with E-state index in [9.17, 15) is 4.39 Å². The Labute approximate surface area is 118 Å². The fourth-order valence-electron chi connectivity index (χ4n) is 2.13. The number of halogens is 1. The highest BCUT2D eigenvalue weighted by Crippen LogP contribution is 2.21. The van der Waals surface area contributed by atoms with Crippen LogP contribution >= 0.6 is 0 Å². The van der Waals surface area contributed by atoms with Gasteiger partial charge >= 0.3 is 0 Å². The maximum atomic E-state index is 13.2. The number of rotatable bonds is 5. The molecule has 1 aromatic carbocycles. The van der Waals surface area contributed by atoms with Crippen LogP contribution in [-0.4, -0.2) is 12.1 Å². The summed E-state index contributed by atoms with van der Waals surface area (Å²) in [7, 11) is 1.65. The summed E-state index contributed by atoms with van der Waals surface area (Å²) in [6, 6.07) is 9.59. The second-order valence-electron chi connectivity index (χ2n) is 4.82. The molecule has 0 spiro atoms.